The van der Waals surface area contributed by atoms with Crippen LogP contribution in [0.4, 0.5) is 0 Å². The van der Waals surface area contributed by atoms with Crippen LogP contribution < -0.4 is 37.6 Å². The van der Waals surface area contributed by atoms with E-state index in [9.17, 15) is 0 Å². The fourth-order valence-electron chi connectivity index (χ4n) is 4.36. The van der Waals surface area contributed by atoms with E-state index in [1.807, 2.05) is 27.7 Å². The van der Waals surface area contributed by atoms with E-state index in [-0.39, 0.29) is 19.8 Å². The van der Waals surface area contributed by atoms with Gasteiger partial charge >= 0.3 is 19.8 Å². The van der Waals surface area contributed by atoms with Crippen molar-refractivity contribution in [1.29, 1.82) is 0 Å². The Morgan fingerprint density at radius 2 is 0.489 bits per heavy atom. The van der Waals surface area contributed by atoms with E-state index in [1.165, 1.54) is 31.8 Å². The summed E-state index contributed by atoms with van der Waals surface area (Å²) in [6, 6.07) is 64.7. The summed E-state index contributed by atoms with van der Waals surface area (Å²) < 4.78 is 0. The van der Waals surface area contributed by atoms with E-state index < -0.39 is 26.9 Å². The van der Waals surface area contributed by atoms with Gasteiger partial charge in [0.25, 0.3) is 0 Å². The van der Waals surface area contributed by atoms with Gasteiger partial charge in [0.2, 0.25) is 0 Å². The maximum Gasteiger partial charge on any atom is 1.00 e. The first-order chi connectivity index (χ1) is 22.1. The maximum atomic E-state index is 7.46. The quantitative estimate of drug-likeness (QED) is 0.162. The molecule has 2 nitrogen and oxygen atoms in total. The van der Waals surface area contributed by atoms with Gasteiger partial charge in [-0.2, -0.15) is 0 Å². The Balaban J connectivity index is 0.000000206. The fraction of sp³-hybridized carbons (Fsp3) is 0.143. The van der Waals surface area contributed by atoms with Gasteiger partial charge in [0.15, 0.2) is 0 Å². The summed E-state index contributed by atoms with van der Waals surface area (Å²) in [6.45, 7) is 7.35. The zero-order chi connectivity index (χ0) is 32.8. The molecule has 0 bridgehead atoms. The average Bonchev–Trinajstić information content (AvgIpc) is 3.08. The van der Waals surface area contributed by atoms with Crippen LogP contribution in [0.25, 0.3) is 5.73 Å². The van der Waals surface area contributed by atoms with Crippen molar-refractivity contribution in [2.75, 3.05) is 0 Å². The molecule has 0 atom stereocenters. The molecule has 3 N–H and O–H groups in total. The van der Waals surface area contributed by atoms with Gasteiger partial charge in [-0.05, 0) is 67.1 Å². The summed E-state index contributed by atoms with van der Waals surface area (Å²) in [4.78, 5) is 0. The first-order valence-corrected chi connectivity index (χ1v) is 18.3. The molecule has 0 aliphatic rings. The van der Waals surface area contributed by atoms with E-state index in [0.29, 0.717) is 0 Å². The molecule has 0 unspecified atom stereocenters. The Kier molecular flexibility index (Phi) is 15.4. The van der Waals surface area contributed by atoms with Gasteiger partial charge in [-0.25, -0.2) is 0 Å². The van der Waals surface area contributed by atoms with Crippen LogP contribution in [-0.2, 0) is 19.8 Å². The summed E-state index contributed by atoms with van der Waals surface area (Å²) >= 11 is 0. The summed E-state index contributed by atoms with van der Waals surface area (Å²) in [5.41, 5.74) is 12.2. The van der Waals surface area contributed by atoms with Crippen molar-refractivity contribution in [2.45, 2.75) is 38.8 Å². The van der Waals surface area contributed by atoms with Crippen LogP contribution in [0.15, 0.2) is 182 Å². The third-order valence-corrected chi connectivity index (χ3v) is 12.6. The molecule has 0 aliphatic heterocycles. The fourth-order valence-corrected chi connectivity index (χ4v) is 8.97. The van der Waals surface area contributed by atoms with Crippen molar-refractivity contribution in [3.05, 3.63) is 188 Å². The van der Waals surface area contributed by atoms with E-state index in [1.54, 1.807) is 0 Å². The third kappa shape index (κ3) is 11.7. The number of nitrogens with two attached hydrogens (primary N) is 1. The van der Waals surface area contributed by atoms with Crippen molar-refractivity contribution in [1.82, 2.24) is 0 Å². The maximum absolute atomic E-state index is 7.46. The third-order valence-electron chi connectivity index (χ3n) is 7.70. The van der Waals surface area contributed by atoms with Crippen LogP contribution in [-0.4, -0.2) is 11.1 Å². The van der Waals surface area contributed by atoms with E-state index in [0.717, 1.165) is 0 Å². The number of nitrogens with one attached hydrogen (secondary N) is 1. The molecular formula is C42H45N2OsP2. The van der Waals surface area contributed by atoms with Crippen molar-refractivity contribution >= 4 is 47.7 Å². The number of hydrogen-bond donors (Lipinski definition) is 1. The molecule has 241 valence electrons. The van der Waals surface area contributed by atoms with Crippen molar-refractivity contribution in [3.63, 3.8) is 0 Å². The van der Waals surface area contributed by atoms with E-state index >= 15 is 0 Å². The average molecular weight is 830 g/mol. The zero-order valence-electron chi connectivity index (χ0n) is 27.6. The second-order valence-electron chi connectivity index (χ2n) is 12.0. The topological polar surface area (TPSA) is 49.8 Å². The van der Waals surface area contributed by atoms with Gasteiger partial charge in [-0.3, -0.25) is 0 Å². The second kappa shape index (κ2) is 18.9. The van der Waals surface area contributed by atoms with Gasteiger partial charge in [0.1, 0.15) is 0 Å². The van der Waals surface area contributed by atoms with Gasteiger partial charge in [-0.1, -0.05) is 196 Å². The Labute approximate surface area is 298 Å². The number of benzene rings is 6. The molecule has 0 saturated heterocycles. The Hall–Kier alpha value is -3.26. The van der Waals surface area contributed by atoms with Gasteiger partial charge < -0.3 is 11.5 Å². The molecule has 5 heteroatoms. The zero-order valence-corrected chi connectivity index (χ0v) is 32.0. The van der Waals surface area contributed by atoms with Crippen LogP contribution >= 0.6 is 15.8 Å². The summed E-state index contributed by atoms with van der Waals surface area (Å²) in [6.07, 6.45) is 0. The van der Waals surface area contributed by atoms with Crippen molar-refractivity contribution < 1.29 is 19.8 Å². The molecule has 6 aromatic rings. The van der Waals surface area contributed by atoms with E-state index in [2.05, 4.69) is 182 Å². The Morgan fingerprint density at radius 1 is 0.362 bits per heavy atom. The van der Waals surface area contributed by atoms with Crippen LogP contribution in [0, 0.1) is 0 Å². The van der Waals surface area contributed by atoms with E-state index in [4.69, 9.17) is 11.5 Å². The van der Waals surface area contributed by atoms with Gasteiger partial charge in [0.05, 0.1) is 0 Å². The molecule has 0 heterocycles. The molecular weight excluding hydrogens is 785 g/mol. The molecule has 1 radical (unpaired) electrons. The molecule has 47 heavy (non-hydrogen) atoms. The molecule has 0 aromatic heterocycles. The molecule has 0 amide bonds. The SMILES string of the molecule is CC(C)([NH-])C(C)(C)N.[Os+].c1ccc(P(c2ccccc2)c2ccccc2)cc1.c1ccc(P(c2ccccc2)c2ccccc2)cc1. The van der Waals surface area contributed by atoms with Gasteiger partial charge in [0, 0.05) is 0 Å². The van der Waals surface area contributed by atoms with Crippen LogP contribution in [0.5, 0.6) is 0 Å². The monoisotopic (exact) mass is 831 g/mol. The molecule has 0 aliphatic carbocycles. The van der Waals surface area contributed by atoms with Crippen LogP contribution in [0.3, 0.4) is 0 Å². The predicted octanol–water partition coefficient (Wildman–Crippen LogP) is 8.44. The summed E-state index contributed by atoms with van der Waals surface area (Å²) in [5.74, 6) is 0. The minimum atomic E-state index is -0.535. The molecule has 6 aromatic carbocycles. The minimum absolute atomic E-state index is 0. The molecule has 0 spiro atoms. The molecule has 0 saturated carbocycles. The first kappa shape index (κ1) is 38.2. The van der Waals surface area contributed by atoms with Crippen LogP contribution in [0.2, 0.25) is 0 Å². The normalized spacial score (nSPS) is 11.0. The standard InChI is InChI=1S/2C18H15P.C6H15N2.Os/c2*1-4-10-16(11-5-1)19(17-12-6-2-7-13-17)18-14-8-3-9-15-18;1-5(2,7)6(3,4)8;/h2*1-15H;7H,8H2,1-4H3;/q;;-1;+1. The number of rotatable bonds is 7. The summed E-state index contributed by atoms with van der Waals surface area (Å²) in [5, 5.41) is 8.39. The second-order valence-corrected chi connectivity index (χ2v) is 16.5. The largest absolute Gasteiger partial charge is 1.00 e. The van der Waals surface area contributed by atoms with Crippen molar-refractivity contribution in [2.24, 2.45) is 5.73 Å². The predicted molar refractivity (Wildman–Crippen MR) is 207 cm³/mol. The first-order valence-electron chi connectivity index (χ1n) is 15.6. The molecule has 6 rings (SSSR count). The molecule has 0 fully saturated rings. The van der Waals surface area contributed by atoms with Gasteiger partial charge in [-0.15, -0.1) is 5.54 Å². The summed E-state index contributed by atoms with van der Waals surface area (Å²) in [7, 11) is -0.892. The smallest absolute Gasteiger partial charge is 0.671 e. The van der Waals surface area contributed by atoms with Crippen LogP contribution in [0.1, 0.15) is 27.7 Å². The Bertz CT molecular complexity index is 1360. The van der Waals surface area contributed by atoms with Crippen molar-refractivity contribution in [3.8, 4) is 0 Å². The number of hydrogen-bond acceptors (Lipinski definition) is 1. The Morgan fingerprint density at radius 3 is 0.596 bits per heavy atom. The minimum Gasteiger partial charge on any atom is -0.671 e.